The van der Waals surface area contributed by atoms with Crippen LogP contribution in [0.25, 0.3) is 0 Å². The van der Waals surface area contributed by atoms with Gasteiger partial charge in [0, 0.05) is 18.3 Å². The van der Waals surface area contributed by atoms with Gasteiger partial charge in [0.25, 0.3) is 0 Å². The molecule has 0 saturated carbocycles. The van der Waals surface area contributed by atoms with Crippen molar-refractivity contribution in [2.75, 3.05) is 12.5 Å². The van der Waals surface area contributed by atoms with Gasteiger partial charge in [-0.05, 0) is 12.1 Å². The fourth-order valence-corrected chi connectivity index (χ4v) is 1.56. The van der Waals surface area contributed by atoms with Gasteiger partial charge in [0.2, 0.25) is 6.79 Å². The Morgan fingerprint density at radius 3 is 3.00 bits per heavy atom. The van der Waals surface area contributed by atoms with Gasteiger partial charge in [-0.1, -0.05) is 0 Å². The fraction of sp³-hybridized carbons (Fsp3) is 0.182. The lowest BCUT2D eigenvalue weighted by Gasteiger charge is -2.06. The lowest BCUT2D eigenvalue weighted by Crippen LogP contribution is -2.06. The number of rotatable bonds is 3. The van der Waals surface area contributed by atoms with Crippen LogP contribution in [0, 0.1) is 0 Å². The predicted octanol–water partition coefficient (Wildman–Crippen LogP) is 1.23. The highest BCUT2D eigenvalue weighted by Crippen LogP contribution is 2.35. The van der Waals surface area contributed by atoms with E-state index < -0.39 is 0 Å². The minimum Gasteiger partial charge on any atom is -0.471 e. The van der Waals surface area contributed by atoms with E-state index in [1.165, 1.54) is 0 Å². The van der Waals surface area contributed by atoms with Crippen molar-refractivity contribution in [1.29, 1.82) is 0 Å². The molecule has 0 amide bonds. The summed E-state index contributed by atoms with van der Waals surface area (Å²) in [6.45, 7) is 0.561. The van der Waals surface area contributed by atoms with Gasteiger partial charge in [0.1, 0.15) is 11.6 Å². The smallest absolute Gasteiger partial charge is 0.231 e. The van der Waals surface area contributed by atoms with Crippen molar-refractivity contribution < 1.29 is 14.2 Å². The third-order valence-electron chi connectivity index (χ3n) is 2.37. The molecule has 0 spiro atoms. The number of hydrogen-bond acceptors (Lipinski definition) is 5. The van der Waals surface area contributed by atoms with E-state index in [1.807, 2.05) is 12.1 Å². The SMILES string of the molecule is Nc1ccn(COc2ccc3c(c2)OCO3)n1. The maximum Gasteiger partial charge on any atom is 0.231 e. The van der Waals surface area contributed by atoms with Crippen LogP contribution < -0.4 is 19.9 Å². The maximum atomic E-state index is 5.54. The molecule has 0 radical (unpaired) electrons. The maximum absolute atomic E-state index is 5.54. The quantitative estimate of drug-likeness (QED) is 0.863. The molecule has 6 heteroatoms. The Balaban J connectivity index is 1.69. The number of fused-ring (bicyclic) bond motifs is 1. The average molecular weight is 233 g/mol. The van der Waals surface area contributed by atoms with E-state index in [9.17, 15) is 0 Å². The van der Waals surface area contributed by atoms with Crippen molar-refractivity contribution in [2.45, 2.75) is 6.73 Å². The van der Waals surface area contributed by atoms with E-state index in [0.29, 0.717) is 24.0 Å². The Bertz CT molecular complexity index is 539. The number of nitrogens with zero attached hydrogens (tertiary/aromatic N) is 2. The summed E-state index contributed by atoms with van der Waals surface area (Å²) in [6.07, 6.45) is 1.75. The molecule has 0 aliphatic carbocycles. The number of ether oxygens (including phenoxy) is 3. The van der Waals surface area contributed by atoms with Gasteiger partial charge >= 0.3 is 0 Å². The van der Waals surface area contributed by atoms with Gasteiger partial charge in [-0.3, -0.25) is 0 Å². The lowest BCUT2D eigenvalue weighted by atomic mass is 10.3. The highest BCUT2D eigenvalue weighted by Gasteiger charge is 2.13. The first-order valence-electron chi connectivity index (χ1n) is 5.13. The second kappa shape index (κ2) is 3.89. The Kier molecular flexibility index (Phi) is 2.25. The molecule has 0 atom stereocenters. The van der Waals surface area contributed by atoms with E-state index in [2.05, 4.69) is 5.10 Å². The monoisotopic (exact) mass is 233 g/mol. The Hall–Kier alpha value is -2.37. The summed E-state index contributed by atoms with van der Waals surface area (Å²) in [5.41, 5.74) is 5.50. The second-order valence-corrected chi connectivity index (χ2v) is 3.57. The molecule has 2 N–H and O–H groups in total. The van der Waals surface area contributed by atoms with E-state index in [0.717, 1.165) is 5.75 Å². The Labute approximate surface area is 97.5 Å². The Morgan fingerprint density at radius 2 is 2.18 bits per heavy atom. The minimum atomic E-state index is 0.258. The van der Waals surface area contributed by atoms with Crippen molar-refractivity contribution in [3.63, 3.8) is 0 Å². The zero-order valence-corrected chi connectivity index (χ0v) is 9.00. The number of aromatic nitrogens is 2. The predicted molar refractivity (Wildman–Crippen MR) is 59.8 cm³/mol. The molecule has 17 heavy (non-hydrogen) atoms. The summed E-state index contributed by atoms with van der Waals surface area (Å²) in [5, 5.41) is 4.01. The summed E-state index contributed by atoms with van der Waals surface area (Å²) < 4.78 is 17.6. The number of benzene rings is 1. The molecule has 1 aromatic heterocycles. The van der Waals surface area contributed by atoms with Crippen LogP contribution in [0.3, 0.4) is 0 Å². The zero-order chi connectivity index (χ0) is 11.7. The van der Waals surface area contributed by atoms with Gasteiger partial charge in [-0.2, -0.15) is 5.10 Å². The van der Waals surface area contributed by atoms with E-state index in [4.69, 9.17) is 19.9 Å². The van der Waals surface area contributed by atoms with Crippen LogP contribution >= 0.6 is 0 Å². The number of nitrogen functional groups attached to an aromatic ring is 1. The highest BCUT2D eigenvalue weighted by atomic mass is 16.7. The summed E-state index contributed by atoms with van der Waals surface area (Å²) in [7, 11) is 0. The molecular weight excluding hydrogens is 222 g/mol. The summed E-state index contributed by atoms with van der Waals surface area (Å²) in [4.78, 5) is 0. The molecule has 2 heterocycles. The molecule has 6 nitrogen and oxygen atoms in total. The minimum absolute atomic E-state index is 0.258. The van der Waals surface area contributed by atoms with Crippen LogP contribution in [-0.2, 0) is 6.73 Å². The van der Waals surface area contributed by atoms with Crippen LogP contribution in [0.4, 0.5) is 5.82 Å². The van der Waals surface area contributed by atoms with Crippen LogP contribution in [0.2, 0.25) is 0 Å². The molecule has 88 valence electrons. The highest BCUT2D eigenvalue weighted by molar-refractivity contribution is 5.46. The van der Waals surface area contributed by atoms with E-state index in [1.54, 1.807) is 23.0 Å². The third kappa shape index (κ3) is 1.96. The molecule has 1 aliphatic heterocycles. The van der Waals surface area contributed by atoms with Gasteiger partial charge < -0.3 is 19.9 Å². The molecule has 0 fully saturated rings. The standard InChI is InChI=1S/C11H11N3O3/c12-11-3-4-14(13-11)6-15-8-1-2-9-10(5-8)17-7-16-9/h1-5H,6-7H2,(H2,12,13). The van der Waals surface area contributed by atoms with Gasteiger partial charge in [-0.25, -0.2) is 4.68 Å². The fourth-order valence-electron chi connectivity index (χ4n) is 1.56. The van der Waals surface area contributed by atoms with Crippen LogP contribution in [0.15, 0.2) is 30.5 Å². The first-order valence-corrected chi connectivity index (χ1v) is 5.13. The first kappa shape index (κ1) is 9.83. The van der Waals surface area contributed by atoms with Gasteiger partial charge in [0.05, 0.1) is 0 Å². The number of anilines is 1. The summed E-state index contributed by atoms with van der Waals surface area (Å²) >= 11 is 0. The van der Waals surface area contributed by atoms with E-state index >= 15 is 0 Å². The number of hydrogen-bond donors (Lipinski definition) is 1. The topological polar surface area (TPSA) is 71.5 Å². The molecule has 0 bridgehead atoms. The second-order valence-electron chi connectivity index (χ2n) is 3.57. The van der Waals surface area contributed by atoms with Crippen molar-refractivity contribution in [1.82, 2.24) is 9.78 Å². The van der Waals surface area contributed by atoms with Crippen LogP contribution in [0.5, 0.6) is 17.2 Å². The van der Waals surface area contributed by atoms with Crippen LogP contribution in [0.1, 0.15) is 0 Å². The largest absolute Gasteiger partial charge is 0.471 e. The normalized spacial score (nSPS) is 12.7. The van der Waals surface area contributed by atoms with Gasteiger partial charge in [0.15, 0.2) is 18.2 Å². The van der Waals surface area contributed by atoms with Crippen molar-refractivity contribution in [3.8, 4) is 17.2 Å². The van der Waals surface area contributed by atoms with Crippen LogP contribution in [-0.4, -0.2) is 16.6 Å². The molecule has 1 aromatic carbocycles. The lowest BCUT2D eigenvalue weighted by molar-refractivity contribution is 0.173. The molecule has 0 unspecified atom stereocenters. The van der Waals surface area contributed by atoms with Crippen molar-refractivity contribution >= 4 is 5.82 Å². The van der Waals surface area contributed by atoms with E-state index in [-0.39, 0.29) is 6.79 Å². The zero-order valence-electron chi connectivity index (χ0n) is 9.00. The van der Waals surface area contributed by atoms with Gasteiger partial charge in [-0.15, -0.1) is 0 Å². The Morgan fingerprint density at radius 1 is 1.29 bits per heavy atom. The molecular formula is C11H11N3O3. The molecule has 0 saturated heterocycles. The molecule has 3 rings (SSSR count). The van der Waals surface area contributed by atoms with Crippen molar-refractivity contribution in [3.05, 3.63) is 30.5 Å². The number of nitrogens with two attached hydrogens (primary N) is 1. The summed E-state index contributed by atoms with van der Waals surface area (Å²) in [6, 6.07) is 7.13. The average Bonchev–Trinajstić information content (AvgIpc) is 2.94. The summed E-state index contributed by atoms with van der Waals surface area (Å²) in [5.74, 6) is 2.60. The molecule has 1 aliphatic rings. The first-order chi connectivity index (χ1) is 8.31. The van der Waals surface area contributed by atoms with Crippen molar-refractivity contribution in [2.24, 2.45) is 0 Å². The molecule has 2 aromatic rings. The third-order valence-corrected chi connectivity index (χ3v) is 2.37.